The summed E-state index contributed by atoms with van der Waals surface area (Å²) in [6, 6.07) is 8.73. The molecule has 0 radical (unpaired) electrons. The third kappa shape index (κ3) is 1.78. The van der Waals surface area contributed by atoms with Crippen molar-refractivity contribution in [2.45, 2.75) is 0 Å². The summed E-state index contributed by atoms with van der Waals surface area (Å²) in [4.78, 5) is 1.03. The lowest BCUT2D eigenvalue weighted by molar-refractivity contribution is 0.304. The first-order valence-electron chi connectivity index (χ1n) is 3.87. The minimum atomic E-state index is 0.251. The Morgan fingerprint density at radius 1 is 1.07 bits per heavy atom. The lowest BCUT2D eigenvalue weighted by Crippen LogP contribution is -1.87. The normalized spacial score (nSPS) is 11.9. The standard InChI is InChI=1S/C9H7NO2S2/c11-7-3-1-6(2-4-7)8-5-9(10-12)14-13-8/h1-5,11-12H. The summed E-state index contributed by atoms with van der Waals surface area (Å²) in [6.07, 6.45) is 0. The second kappa shape index (κ2) is 3.81. The minimum absolute atomic E-state index is 0.251. The molecule has 1 aromatic carbocycles. The number of hydrogen-bond donors (Lipinski definition) is 2. The summed E-state index contributed by atoms with van der Waals surface area (Å²) in [6.45, 7) is 0. The van der Waals surface area contributed by atoms with Crippen molar-refractivity contribution in [1.82, 2.24) is 0 Å². The van der Waals surface area contributed by atoms with E-state index in [0.29, 0.717) is 4.67 Å². The van der Waals surface area contributed by atoms with Crippen LogP contribution in [0, 0.1) is 0 Å². The topological polar surface area (TPSA) is 52.8 Å². The molecule has 0 atom stereocenters. The molecule has 0 fully saturated rings. The van der Waals surface area contributed by atoms with Gasteiger partial charge < -0.3 is 10.3 Å². The molecule has 0 spiro atoms. The molecule has 2 rings (SSSR count). The summed E-state index contributed by atoms with van der Waals surface area (Å²) in [5.74, 6) is 0.251. The molecule has 1 heterocycles. The van der Waals surface area contributed by atoms with Gasteiger partial charge >= 0.3 is 0 Å². The van der Waals surface area contributed by atoms with Crippen molar-refractivity contribution < 1.29 is 10.3 Å². The molecule has 0 aliphatic carbocycles. The Balaban J connectivity index is 2.44. The maximum Gasteiger partial charge on any atom is 0.166 e. The highest BCUT2D eigenvalue weighted by atomic mass is 32.9. The van der Waals surface area contributed by atoms with Gasteiger partial charge in [-0.2, -0.15) is 0 Å². The van der Waals surface area contributed by atoms with E-state index >= 15 is 0 Å². The highest BCUT2D eigenvalue weighted by Crippen LogP contribution is 2.26. The Morgan fingerprint density at radius 2 is 1.79 bits per heavy atom. The van der Waals surface area contributed by atoms with E-state index in [1.165, 1.54) is 20.7 Å². The maximum atomic E-state index is 9.10. The van der Waals surface area contributed by atoms with Crippen LogP contribution in [-0.4, -0.2) is 10.3 Å². The average Bonchev–Trinajstić information content (AvgIpc) is 2.67. The SMILES string of the molecule is ON=c1cc(-c2ccc(O)cc2)ss1. The van der Waals surface area contributed by atoms with Crippen molar-refractivity contribution >= 4 is 20.7 Å². The number of hydrogen-bond acceptors (Lipinski definition) is 5. The van der Waals surface area contributed by atoms with Crippen LogP contribution in [0.2, 0.25) is 0 Å². The van der Waals surface area contributed by atoms with Gasteiger partial charge in [0.25, 0.3) is 0 Å². The van der Waals surface area contributed by atoms with E-state index in [1.807, 2.05) is 18.2 Å². The highest BCUT2D eigenvalue weighted by Gasteiger charge is 2.00. The molecule has 2 aromatic rings. The lowest BCUT2D eigenvalue weighted by atomic mass is 10.2. The van der Waals surface area contributed by atoms with Gasteiger partial charge in [0, 0.05) is 4.88 Å². The number of phenols is 1. The highest BCUT2D eigenvalue weighted by molar-refractivity contribution is 7.69. The van der Waals surface area contributed by atoms with E-state index in [1.54, 1.807) is 12.1 Å². The first-order chi connectivity index (χ1) is 6.79. The van der Waals surface area contributed by atoms with Crippen LogP contribution in [-0.2, 0) is 0 Å². The monoisotopic (exact) mass is 225 g/mol. The molecule has 0 amide bonds. The predicted molar refractivity (Wildman–Crippen MR) is 56.6 cm³/mol. The molecule has 0 saturated carbocycles. The van der Waals surface area contributed by atoms with Gasteiger partial charge in [-0.15, -0.1) is 0 Å². The first-order valence-corrected chi connectivity index (χ1v) is 6.02. The Kier molecular flexibility index (Phi) is 2.51. The lowest BCUT2D eigenvalue weighted by Gasteiger charge is -1.95. The molecule has 1 aromatic heterocycles. The van der Waals surface area contributed by atoms with E-state index in [2.05, 4.69) is 5.16 Å². The summed E-state index contributed by atoms with van der Waals surface area (Å²) in [7, 11) is 2.95. The average molecular weight is 225 g/mol. The van der Waals surface area contributed by atoms with Crippen LogP contribution in [0.15, 0.2) is 35.5 Å². The van der Waals surface area contributed by atoms with Crippen molar-refractivity contribution in [3.05, 3.63) is 35.0 Å². The molecule has 3 nitrogen and oxygen atoms in total. The van der Waals surface area contributed by atoms with Crippen molar-refractivity contribution in [1.29, 1.82) is 0 Å². The summed E-state index contributed by atoms with van der Waals surface area (Å²) < 4.78 is 0.595. The predicted octanol–water partition coefficient (Wildman–Crippen LogP) is 2.47. The third-order valence-corrected chi connectivity index (χ3v) is 4.01. The van der Waals surface area contributed by atoms with Gasteiger partial charge in [-0.3, -0.25) is 0 Å². The van der Waals surface area contributed by atoms with Gasteiger partial charge in [-0.25, -0.2) is 0 Å². The molecule has 14 heavy (non-hydrogen) atoms. The minimum Gasteiger partial charge on any atom is -0.508 e. The Bertz CT molecular complexity index is 484. The maximum absolute atomic E-state index is 9.10. The number of aromatic hydroxyl groups is 1. The van der Waals surface area contributed by atoms with Crippen molar-refractivity contribution in [2.24, 2.45) is 5.16 Å². The fraction of sp³-hybridized carbons (Fsp3) is 0. The summed E-state index contributed by atoms with van der Waals surface area (Å²) >= 11 is 0. The van der Waals surface area contributed by atoms with E-state index < -0.39 is 0 Å². The second-order valence-electron chi connectivity index (χ2n) is 2.66. The summed E-state index contributed by atoms with van der Waals surface area (Å²) in [5, 5.41) is 20.8. The quantitative estimate of drug-likeness (QED) is 0.445. The largest absolute Gasteiger partial charge is 0.508 e. The van der Waals surface area contributed by atoms with Crippen molar-refractivity contribution in [3.8, 4) is 16.2 Å². The van der Waals surface area contributed by atoms with Gasteiger partial charge in [0.1, 0.15) is 5.75 Å². The van der Waals surface area contributed by atoms with Gasteiger partial charge in [0.2, 0.25) is 0 Å². The van der Waals surface area contributed by atoms with Crippen LogP contribution in [0.3, 0.4) is 0 Å². The number of rotatable bonds is 1. The molecular weight excluding hydrogens is 218 g/mol. The number of phenolic OH excluding ortho intramolecular Hbond substituents is 1. The van der Waals surface area contributed by atoms with Gasteiger partial charge in [-0.05, 0) is 35.9 Å². The first kappa shape index (κ1) is 9.23. The Labute approximate surface area is 87.6 Å². The van der Waals surface area contributed by atoms with Crippen LogP contribution < -0.4 is 4.67 Å². The number of benzene rings is 1. The molecule has 2 N–H and O–H groups in total. The molecule has 0 aliphatic rings. The zero-order valence-electron chi connectivity index (χ0n) is 7.04. The molecular formula is C9H7NO2S2. The molecule has 0 unspecified atom stereocenters. The van der Waals surface area contributed by atoms with Crippen molar-refractivity contribution in [2.75, 3.05) is 0 Å². The zero-order chi connectivity index (χ0) is 9.97. The van der Waals surface area contributed by atoms with Crippen LogP contribution in [0.5, 0.6) is 5.75 Å². The molecule has 72 valence electrons. The van der Waals surface area contributed by atoms with E-state index in [4.69, 9.17) is 10.3 Å². The van der Waals surface area contributed by atoms with Crippen molar-refractivity contribution in [3.63, 3.8) is 0 Å². The van der Waals surface area contributed by atoms with E-state index in [-0.39, 0.29) is 5.75 Å². The van der Waals surface area contributed by atoms with E-state index in [0.717, 1.165) is 10.4 Å². The summed E-state index contributed by atoms with van der Waals surface area (Å²) in [5.41, 5.74) is 1.01. The molecule has 0 saturated heterocycles. The van der Waals surface area contributed by atoms with Gasteiger partial charge in [-0.1, -0.05) is 25.8 Å². The molecule has 0 bridgehead atoms. The van der Waals surface area contributed by atoms with E-state index in [9.17, 15) is 0 Å². The zero-order valence-corrected chi connectivity index (χ0v) is 8.68. The smallest absolute Gasteiger partial charge is 0.166 e. The van der Waals surface area contributed by atoms with Crippen LogP contribution >= 0.6 is 20.7 Å². The third-order valence-electron chi connectivity index (χ3n) is 1.72. The van der Waals surface area contributed by atoms with Crippen LogP contribution in [0.25, 0.3) is 10.4 Å². The Hall–Kier alpha value is -1.33. The molecule has 5 heteroatoms. The van der Waals surface area contributed by atoms with Crippen LogP contribution in [0.4, 0.5) is 0 Å². The Morgan fingerprint density at radius 3 is 2.36 bits per heavy atom. The van der Waals surface area contributed by atoms with Crippen LogP contribution in [0.1, 0.15) is 0 Å². The van der Waals surface area contributed by atoms with Gasteiger partial charge in [0.15, 0.2) is 4.67 Å². The fourth-order valence-electron chi connectivity index (χ4n) is 1.05. The second-order valence-corrected chi connectivity index (χ2v) is 4.85. The number of nitrogens with zero attached hydrogens (tertiary/aromatic N) is 1. The fourth-order valence-corrected chi connectivity index (χ4v) is 3.09. The van der Waals surface area contributed by atoms with Gasteiger partial charge in [0.05, 0.1) is 0 Å². The molecule has 0 aliphatic heterocycles.